The normalized spacial score (nSPS) is 14.8. The van der Waals surface area contributed by atoms with Crippen molar-refractivity contribution in [1.29, 1.82) is 0 Å². The lowest BCUT2D eigenvalue weighted by molar-refractivity contribution is 0.0963. The fourth-order valence-electron chi connectivity index (χ4n) is 2.03. The molecule has 0 aliphatic heterocycles. The van der Waals surface area contributed by atoms with Gasteiger partial charge in [-0.25, -0.2) is 0 Å². The number of carbonyl (C=O) groups is 1. The lowest BCUT2D eigenvalue weighted by atomic mass is 9.97. The molecule has 1 aromatic carbocycles. The van der Waals surface area contributed by atoms with Gasteiger partial charge in [0, 0.05) is 10.9 Å². The molecule has 1 saturated carbocycles. The van der Waals surface area contributed by atoms with Crippen LogP contribution in [0.25, 0.3) is 0 Å². The highest BCUT2D eigenvalue weighted by Gasteiger charge is 2.34. The van der Waals surface area contributed by atoms with Crippen LogP contribution < -0.4 is 4.74 Å². The number of rotatable bonds is 4. The Balaban J connectivity index is 2.55. The Labute approximate surface area is 107 Å². The second-order valence-corrected chi connectivity index (χ2v) is 4.98. The maximum Gasteiger partial charge on any atom is 0.169 e. The van der Waals surface area contributed by atoms with Crippen LogP contribution in [0.5, 0.6) is 5.75 Å². The molecule has 2 nitrogen and oxygen atoms in total. The first-order valence-corrected chi connectivity index (χ1v) is 6.40. The third-order valence-corrected chi connectivity index (χ3v) is 3.54. The van der Waals surface area contributed by atoms with Gasteiger partial charge >= 0.3 is 0 Å². The summed E-state index contributed by atoms with van der Waals surface area (Å²) >= 11 is 6.15. The van der Waals surface area contributed by atoms with Crippen LogP contribution in [0.4, 0.5) is 0 Å². The highest BCUT2D eigenvalue weighted by molar-refractivity contribution is 6.32. The van der Waals surface area contributed by atoms with Crippen molar-refractivity contribution < 1.29 is 9.53 Å². The van der Waals surface area contributed by atoms with E-state index in [1.807, 2.05) is 26.8 Å². The SMILES string of the molecule is CCOc1c(C)cc(Cl)c(C)c1C(=O)C1CC1. The van der Waals surface area contributed by atoms with Crippen molar-refractivity contribution in [3.05, 3.63) is 27.8 Å². The molecule has 0 aromatic heterocycles. The van der Waals surface area contributed by atoms with E-state index in [2.05, 4.69) is 0 Å². The first-order valence-electron chi connectivity index (χ1n) is 6.03. The van der Waals surface area contributed by atoms with E-state index in [9.17, 15) is 4.79 Å². The molecule has 0 saturated heterocycles. The van der Waals surface area contributed by atoms with E-state index < -0.39 is 0 Å². The van der Waals surface area contributed by atoms with E-state index in [-0.39, 0.29) is 11.7 Å². The Bertz CT molecular complexity index is 462. The van der Waals surface area contributed by atoms with Gasteiger partial charge in [0.2, 0.25) is 0 Å². The first kappa shape index (κ1) is 12.4. The molecule has 0 amide bonds. The fourth-order valence-corrected chi connectivity index (χ4v) is 2.29. The minimum Gasteiger partial charge on any atom is -0.493 e. The largest absolute Gasteiger partial charge is 0.493 e. The number of aryl methyl sites for hydroxylation is 1. The summed E-state index contributed by atoms with van der Waals surface area (Å²) in [5.41, 5.74) is 2.48. The molecular formula is C14H17ClO2. The van der Waals surface area contributed by atoms with Crippen LogP contribution in [0.2, 0.25) is 5.02 Å². The number of benzene rings is 1. The summed E-state index contributed by atoms with van der Waals surface area (Å²) in [6.45, 7) is 6.31. The van der Waals surface area contributed by atoms with Gasteiger partial charge in [0.25, 0.3) is 0 Å². The van der Waals surface area contributed by atoms with Crippen LogP contribution in [0, 0.1) is 19.8 Å². The molecule has 1 aliphatic carbocycles. The molecule has 3 heteroatoms. The predicted molar refractivity (Wildman–Crippen MR) is 69.1 cm³/mol. The van der Waals surface area contributed by atoms with E-state index in [1.165, 1.54) is 0 Å². The summed E-state index contributed by atoms with van der Waals surface area (Å²) in [4.78, 5) is 12.3. The molecule has 0 N–H and O–H groups in total. The second kappa shape index (κ2) is 4.69. The summed E-state index contributed by atoms with van der Waals surface area (Å²) in [5.74, 6) is 1.09. The maximum absolute atomic E-state index is 12.3. The highest BCUT2D eigenvalue weighted by atomic mass is 35.5. The summed E-state index contributed by atoms with van der Waals surface area (Å²) in [5, 5.41) is 0.648. The molecule has 1 aromatic rings. The number of hydrogen-bond acceptors (Lipinski definition) is 2. The van der Waals surface area contributed by atoms with Crippen molar-refractivity contribution >= 4 is 17.4 Å². The number of ketones is 1. The summed E-state index contributed by atoms with van der Waals surface area (Å²) in [7, 11) is 0. The van der Waals surface area contributed by atoms with Crippen molar-refractivity contribution in [3.63, 3.8) is 0 Å². The third-order valence-electron chi connectivity index (χ3n) is 3.14. The lowest BCUT2D eigenvalue weighted by Crippen LogP contribution is -2.09. The van der Waals surface area contributed by atoms with Gasteiger partial charge in [-0.05, 0) is 50.8 Å². The number of ether oxygens (including phenoxy) is 1. The number of carbonyl (C=O) groups excluding carboxylic acids is 1. The van der Waals surface area contributed by atoms with E-state index in [1.54, 1.807) is 0 Å². The van der Waals surface area contributed by atoms with Crippen LogP contribution in [-0.4, -0.2) is 12.4 Å². The van der Waals surface area contributed by atoms with Gasteiger partial charge in [-0.1, -0.05) is 11.6 Å². The van der Waals surface area contributed by atoms with Gasteiger partial charge in [0.1, 0.15) is 5.75 Å². The molecule has 0 heterocycles. The second-order valence-electron chi connectivity index (χ2n) is 4.58. The zero-order valence-electron chi connectivity index (χ0n) is 10.5. The Hall–Kier alpha value is -1.02. The smallest absolute Gasteiger partial charge is 0.169 e. The maximum atomic E-state index is 12.3. The van der Waals surface area contributed by atoms with Gasteiger partial charge < -0.3 is 4.74 Å². The zero-order chi connectivity index (χ0) is 12.6. The van der Waals surface area contributed by atoms with E-state index in [4.69, 9.17) is 16.3 Å². The Kier molecular flexibility index (Phi) is 3.43. The molecule has 0 spiro atoms. The average molecular weight is 253 g/mol. The summed E-state index contributed by atoms with van der Waals surface area (Å²) < 4.78 is 5.62. The quantitative estimate of drug-likeness (QED) is 0.759. The molecular weight excluding hydrogens is 236 g/mol. The third kappa shape index (κ3) is 2.32. The van der Waals surface area contributed by atoms with Gasteiger partial charge in [0.15, 0.2) is 5.78 Å². The van der Waals surface area contributed by atoms with E-state index >= 15 is 0 Å². The molecule has 0 radical (unpaired) electrons. The van der Waals surface area contributed by atoms with Crippen LogP contribution in [0.15, 0.2) is 6.07 Å². The summed E-state index contributed by atoms with van der Waals surface area (Å²) in [6.07, 6.45) is 1.99. The molecule has 92 valence electrons. The predicted octanol–water partition coefficient (Wildman–Crippen LogP) is 3.95. The Morgan fingerprint density at radius 2 is 2.12 bits per heavy atom. The summed E-state index contributed by atoms with van der Waals surface area (Å²) in [6, 6.07) is 1.87. The minimum atomic E-state index is 0.186. The van der Waals surface area contributed by atoms with Crippen molar-refractivity contribution in [2.45, 2.75) is 33.6 Å². The van der Waals surface area contributed by atoms with Crippen LogP contribution in [0.3, 0.4) is 0 Å². The van der Waals surface area contributed by atoms with Crippen molar-refractivity contribution in [1.82, 2.24) is 0 Å². The zero-order valence-corrected chi connectivity index (χ0v) is 11.2. The van der Waals surface area contributed by atoms with Crippen LogP contribution in [-0.2, 0) is 0 Å². The van der Waals surface area contributed by atoms with Gasteiger partial charge in [-0.15, -0.1) is 0 Å². The molecule has 1 aliphatic rings. The Morgan fingerprint density at radius 3 is 2.65 bits per heavy atom. The molecule has 2 rings (SSSR count). The highest BCUT2D eigenvalue weighted by Crippen LogP contribution is 2.39. The molecule has 0 atom stereocenters. The van der Waals surface area contributed by atoms with Gasteiger partial charge in [0.05, 0.1) is 12.2 Å². The average Bonchev–Trinajstić information content (AvgIpc) is 3.09. The molecule has 0 bridgehead atoms. The van der Waals surface area contributed by atoms with E-state index in [0.29, 0.717) is 22.9 Å². The van der Waals surface area contributed by atoms with Crippen molar-refractivity contribution in [2.75, 3.05) is 6.61 Å². The van der Waals surface area contributed by atoms with Gasteiger partial charge in [-0.3, -0.25) is 4.79 Å². The van der Waals surface area contributed by atoms with Gasteiger partial charge in [-0.2, -0.15) is 0 Å². The van der Waals surface area contributed by atoms with Crippen molar-refractivity contribution in [2.24, 2.45) is 5.92 Å². The molecule has 17 heavy (non-hydrogen) atoms. The number of halogens is 1. The lowest BCUT2D eigenvalue weighted by Gasteiger charge is -2.16. The minimum absolute atomic E-state index is 0.186. The molecule has 1 fully saturated rings. The van der Waals surface area contributed by atoms with Crippen molar-refractivity contribution in [3.8, 4) is 5.75 Å². The van der Waals surface area contributed by atoms with Crippen LogP contribution >= 0.6 is 11.6 Å². The van der Waals surface area contributed by atoms with E-state index in [0.717, 1.165) is 24.0 Å². The number of Topliss-reactive ketones (excluding diaryl/α,β-unsaturated/α-hetero) is 1. The fraction of sp³-hybridized carbons (Fsp3) is 0.500. The first-order chi connectivity index (χ1) is 8.06. The number of hydrogen-bond donors (Lipinski definition) is 0. The van der Waals surface area contributed by atoms with Crippen LogP contribution in [0.1, 0.15) is 41.3 Å². The molecule has 0 unspecified atom stereocenters. The topological polar surface area (TPSA) is 26.3 Å². The standard InChI is InChI=1S/C14H17ClO2/c1-4-17-14-8(2)7-11(15)9(3)12(14)13(16)10-5-6-10/h7,10H,4-6H2,1-3H3. The Morgan fingerprint density at radius 1 is 1.47 bits per heavy atom. The monoisotopic (exact) mass is 252 g/mol.